The van der Waals surface area contributed by atoms with Crippen LogP contribution < -0.4 is 4.80 Å². The molecule has 0 radical (unpaired) electrons. The van der Waals surface area contributed by atoms with Gasteiger partial charge in [0.1, 0.15) is 0 Å². The zero-order chi connectivity index (χ0) is 20.1. The number of ether oxygens (including phenoxy) is 1. The fourth-order valence-corrected chi connectivity index (χ4v) is 3.69. The van der Waals surface area contributed by atoms with E-state index >= 15 is 0 Å². The highest BCUT2D eigenvalue weighted by molar-refractivity contribution is 7.16. The molecular formula is C19H17N3O5S. The Labute approximate surface area is 163 Å². The molecule has 1 aromatic heterocycles. The number of thiazole rings is 1. The lowest BCUT2D eigenvalue weighted by molar-refractivity contribution is -0.384. The maximum atomic E-state index is 12.5. The minimum atomic E-state index is -0.527. The van der Waals surface area contributed by atoms with Crippen molar-refractivity contribution in [3.05, 3.63) is 69.0 Å². The molecule has 1 heterocycles. The van der Waals surface area contributed by atoms with E-state index in [1.165, 1.54) is 35.6 Å². The first-order valence-electron chi connectivity index (χ1n) is 8.57. The molecule has 3 rings (SSSR count). The molecule has 3 aromatic rings. The molecule has 2 aromatic carbocycles. The lowest BCUT2D eigenvalue weighted by Gasteiger charge is -2.05. The van der Waals surface area contributed by atoms with Crippen molar-refractivity contribution in [1.29, 1.82) is 0 Å². The van der Waals surface area contributed by atoms with E-state index in [9.17, 15) is 19.7 Å². The van der Waals surface area contributed by atoms with Crippen molar-refractivity contribution in [3.63, 3.8) is 0 Å². The minimum absolute atomic E-state index is 0.0945. The Hall–Kier alpha value is -3.33. The number of rotatable bonds is 6. The minimum Gasteiger partial charge on any atom is -0.466 e. The SMILES string of the molecule is CCOC(=O)CCn1c(=NC(=O)c2ccc([N+](=O)[O-])cc2)sc2ccccc21. The van der Waals surface area contributed by atoms with Gasteiger partial charge in [0.25, 0.3) is 11.6 Å². The molecule has 0 bridgehead atoms. The molecule has 0 saturated heterocycles. The second-order valence-corrected chi connectivity index (χ2v) is 6.79. The molecular weight excluding hydrogens is 382 g/mol. The van der Waals surface area contributed by atoms with Crippen LogP contribution in [0, 0.1) is 10.1 Å². The van der Waals surface area contributed by atoms with Crippen LogP contribution in [0.3, 0.4) is 0 Å². The lowest BCUT2D eigenvalue weighted by atomic mass is 10.2. The van der Waals surface area contributed by atoms with E-state index in [2.05, 4.69) is 4.99 Å². The van der Waals surface area contributed by atoms with E-state index in [4.69, 9.17) is 4.74 Å². The molecule has 0 atom stereocenters. The van der Waals surface area contributed by atoms with Gasteiger partial charge in [-0.25, -0.2) is 0 Å². The quantitative estimate of drug-likeness (QED) is 0.359. The number of hydrogen-bond donors (Lipinski definition) is 0. The summed E-state index contributed by atoms with van der Waals surface area (Å²) in [7, 11) is 0. The lowest BCUT2D eigenvalue weighted by Crippen LogP contribution is -2.19. The van der Waals surface area contributed by atoms with Crippen LogP contribution in [0.4, 0.5) is 5.69 Å². The molecule has 0 saturated carbocycles. The van der Waals surface area contributed by atoms with E-state index in [-0.39, 0.29) is 23.6 Å². The molecule has 0 spiro atoms. The third kappa shape index (κ3) is 4.32. The fraction of sp³-hybridized carbons (Fsp3) is 0.211. The highest BCUT2D eigenvalue weighted by Gasteiger charge is 2.12. The number of aromatic nitrogens is 1. The van der Waals surface area contributed by atoms with E-state index in [0.717, 1.165) is 10.2 Å². The average molecular weight is 399 g/mol. The van der Waals surface area contributed by atoms with Crippen molar-refractivity contribution in [3.8, 4) is 0 Å². The highest BCUT2D eigenvalue weighted by Crippen LogP contribution is 2.18. The van der Waals surface area contributed by atoms with Gasteiger partial charge in [-0.15, -0.1) is 0 Å². The number of non-ortho nitro benzene ring substituents is 1. The molecule has 0 aliphatic rings. The number of esters is 1. The van der Waals surface area contributed by atoms with Crippen molar-refractivity contribution in [2.75, 3.05) is 6.61 Å². The third-order valence-electron chi connectivity index (χ3n) is 3.96. The van der Waals surface area contributed by atoms with Gasteiger partial charge in [-0.1, -0.05) is 23.5 Å². The van der Waals surface area contributed by atoms with Crippen LogP contribution in [0.2, 0.25) is 0 Å². The van der Waals surface area contributed by atoms with Crippen LogP contribution in [-0.4, -0.2) is 28.0 Å². The van der Waals surface area contributed by atoms with Crippen molar-refractivity contribution in [2.45, 2.75) is 19.9 Å². The normalized spacial score (nSPS) is 11.5. The van der Waals surface area contributed by atoms with E-state index in [0.29, 0.717) is 18.0 Å². The summed E-state index contributed by atoms with van der Waals surface area (Å²) in [4.78, 5) is 39.1. The summed E-state index contributed by atoms with van der Waals surface area (Å²) in [5.41, 5.74) is 1.02. The number of aryl methyl sites for hydroxylation is 1. The molecule has 8 nitrogen and oxygen atoms in total. The van der Waals surface area contributed by atoms with Crippen molar-refractivity contribution in [1.82, 2.24) is 4.57 Å². The van der Waals surface area contributed by atoms with Gasteiger partial charge in [0.2, 0.25) is 0 Å². The number of amides is 1. The van der Waals surface area contributed by atoms with Gasteiger partial charge < -0.3 is 9.30 Å². The molecule has 0 aliphatic carbocycles. The summed E-state index contributed by atoms with van der Waals surface area (Å²) < 4.78 is 7.71. The van der Waals surface area contributed by atoms with Crippen LogP contribution in [0.1, 0.15) is 23.7 Å². The first-order chi connectivity index (χ1) is 13.5. The Morgan fingerprint density at radius 2 is 1.89 bits per heavy atom. The number of nitro groups is 1. The number of nitrogens with zero attached hydrogens (tertiary/aromatic N) is 3. The Morgan fingerprint density at radius 3 is 2.57 bits per heavy atom. The van der Waals surface area contributed by atoms with Crippen LogP contribution >= 0.6 is 11.3 Å². The Morgan fingerprint density at radius 1 is 1.18 bits per heavy atom. The largest absolute Gasteiger partial charge is 0.466 e. The smallest absolute Gasteiger partial charge is 0.307 e. The first kappa shape index (κ1) is 19.4. The summed E-state index contributed by atoms with van der Waals surface area (Å²) in [6.45, 7) is 2.38. The number of para-hydroxylation sites is 1. The molecule has 0 unspecified atom stereocenters. The van der Waals surface area contributed by atoms with Crippen molar-refractivity contribution < 1.29 is 19.2 Å². The zero-order valence-corrected chi connectivity index (χ0v) is 15.8. The van der Waals surface area contributed by atoms with Crippen LogP contribution in [0.5, 0.6) is 0 Å². The topological polar surface area (TPSA) is 104 Å². The summed E-state index contributed by atoms with van der Waals surface area (Å²) >= 11 is 1.34. The summed E-state index contributed by atoms with van der Waals surface area (Å²) in [6, 6.07) is 12.8. The zero-order valence-electron chi connectivity index (χ0n) is 15.0. The van der Waals surface area contributed by atoms with Gasteiger partial charge in [0.05, 0.1) is 28.2 Å². The maximum absolute atomic E-state index is 12.5. The number of carbonyl (C=O) groups excluding carboxylic acids is 2. The number of benzene rings is 2. The molecule has 1 amide bonds. The summed E-state index contributed by atoms with van der Waals surface area (Å²) in [5, 5.41) is 10.7. The van der Waals surface area contributed by atoms with Crippen molar-refractivity contribution >= 4 is 39.1 Å². The fourth-order valence-electron chi connectivity index (χ4n) is 2.64. The average Bonchev–Trinajstić information content (AvgIpc) is 3.03. The summed E-state index contributed by atoms with van der Waals surface area (Å²) in [5.74, 6) is -0.829. The Balaban J connectivity index is 1.96. The number of hydrogen-bond acceptors (Lipinski definition) is 6. The molecule has 0 N–H and O–H groups in total. The Kier molecular flexibility index (Phi) is 5.95. The van der Waals surface area contributed by atoms with Crippen LogP contribution in [0.15, 0.2) is 53.5 Å². The number of nitro benzene ring substituents is 1. The standard InChI is InChI=1S/C19H17N3O5S/c1-2-27-17(23)11-12-21-15-5-3-4-6-16(15)28-19(21)20-18(24)13-7-9-14(10-8-13)22(25)26/h3-10H,2,11-12H2,1H3. The van der Waals surface area contributed by atoms with E-state index < -0.39 is 10.8 Å². The third-order valence-corrected chi connectivity index (χ3v) is 5.01. The predicted molar refractivity (Wildman–Crippen MR) is 104 cm³/mol. The molecule has 28 heavy (non-hydrogen) atoms. The van der Waals surface area contributed by atoms with Gasteiger partial charge in [-0.05, 0) is 31.2 Å². The number of carbonyl (C=O) groups is 2. The molecule has 0 aliphatic heterocycles. The van der Waals surface area contributed by atoms with Crippen LogP contribution in [-0.2, 0) is 16.1 Å². The predicted octanol–water partition coefficient (Wildman–Crippen LogP) is 3.31. The second kappa shape index (κ2) is 8.57. The highest BCUT2D eigenvalue weighted by atomic mass is 32.1. The van der Waals surface area contributed by atoms with Crippen LogP contribution in [0.25, 0.3) is 10.2 Å². The van der Waals surface area contributed by atoms with E-state index in [1.807, 2.05) is 24.3 Å². The van der Waals surface area contributed by atoms with Gasteiger partial charge in [-0.3, -0.25) is 19.7 Å². The van der Waals surface area contributed by atoms with E-state index in [1.54, 1.807) is 11.5 Å². The number of fused-ring (bicyclic) bond motifs is 1. The van der Waals surface area contributed by atoms with Crippen molar-refractivity contribution in [2.24, 2.45) is 4.99 Å². The van der Waals surface area contributed by atoms with Gasteiger partial charge in [0, 0.05) is 24.2 Å². The monoisotopic (exact) mass is 399 g/mol. The molecule has 9 heteroatoms. The van der Waals surface area contributed by atoms with Gasteiger partial charge in [-0.2, -0.15) is 4.99 Å². The Bertz CT molecular complexity index is 1100. The van der Waals surface area contributed by atoms with Gasteiger partial charge in [0.15, 0.2) is 4.80 Å². The maximum Gasteiger partial charge on any atom is 0.307 e. The summed E-state index contributed by atoms with van der Waals surface area (Å²) in [6.07, 6.45) is 0.160. The van der Waals surface area contributed by atoms with Gasteiger partial charge >= 0.3 is 5.97 Å². The first-order valence-corrected chi connectivity index (χ1v) is 9.38. The molecule has 144 valence electrons. The molecule has 0 fully saturated rings. The second-order valence-electron chi connectivity index (χ2n) is 5.78.